The van der Waals surface area contributed by atoms with Crippen LogP contribution in [0.2, 0.25) is 0 Å². The summed E-state index contributed by atoms with van der Waals surface area (Å²) in [5.74, 6) is -0.827. The van der Waals surface area contributed by atoms with Crippen molar-refractivity contribution in [1.82, 2.24) is 5.32 Å². The first kappa shape index (κ1) is 24.1. The standard InChI is InChI=1S/C6H10O2.C4H10O4S.C2H7N/c1-3-4-5(2)6(7)8;1-3-7-9(5,6)8-4-2;1-3-2/h4H,3H2,1-2H3,(H,7,8);3-4H2,1-2H3;3H,1-2H3. The van der Waals surface area contributed by atoms with Gasteiger partial charge in [0, 0.05) is 5.57 Å². The maximum absolute atomic E-state index is 10.4. The normalized spacial score (nSPS) is 10.8. The van der Waals surface area contributed by atoms with Crippen molar-refractivity contribution in [2.24, 2.45) is 0 Å². The number of hydrogen-bond acceptors (Lipinski definition) is 6. The van der Waals surface area contributed by atoms with Crippen molar-refractivity contribution in [1.29, 1.82) is 0 Å². The van der Waals surface area contributed by atoms with E-state index in [1.165, 1.54) is 0 Å². The molecule has 0 heterocycles. The number of carboxylic acids is 1. The van der Waals surface area contributed by atoms with Crippen LogP contribution >= 0.6 is 0 Å². The van der Waals surface area contributed by atoms with E-state index in [0.29, 0.717) is 5.57 Å². The number of allylic oxidation sites excluding steroid dienone is 1. The van der Waals surface area contributed by atoms with Gasteiger partial charge < -0.3 is 10.4 Å². The Morgan fingerprint density at radius 1 is 1.15 bits per heavy atom. The fraction of sp³-hybridized carbons (Fsp3) is 0.750. The van der Waals surface area contributed by atoms with E-state index in [-0.39, 0.29) is 13.2 Å². The molecule has 0 aliphatic heterocycles. The third kappa shape index (κ3) is 22.2. The van der Waals surface area contributed by atoms with Crippen LogP contribution in [0.4, 0.5) is 0 Å². The summed E-state index contributed by atoms with van der Waals surface area (Å²) in [7, 11) is 0.0683. The highest BCUT2D eigenvalue weighted by Crippen LogP contribution is 1.93. The molecule has 0 saturated heterocycles. The van der Waals surface area contributed by atoms with E-state index in [1.807, 2.05) is 21.0 Å². The average molecular weight is 313 g/mol. The molecule has 0 aromatic carbocycles. The number of rotatable bonds is 6. The molecule has 2 N–H and O–H groups in total. The Labute approximate surface area is 122 Å². The number of carbonyl (C=O) groups is 1. The fourth-order valence-electron chi connectivity index (χ4n) is 0.716. The van der Waals surface area contributed by atoms with Crippen LogP contribution in [0, 0.1) is 0 Å². The van der Waals surface area contributed by atoms with Gasteiger partial charge in [-0.05, 0) is 41.3 Å². The highest BCUT2D eigenvalue weighted by molar-refractivity contribution is 7.81. The topological polar surface area (TPSA) is 102 Å². The van der Waals surface area contributed by atoms with Gasteiger partial charge in [0.2, 0.25) is 0 Å². The summed E-state index contributed by atoms with van der Waals surface area (Å²) in [6.07, 6.45) is 2.47. The molecule has 0 atom stereocenters. The van der Waals surface area contributed by atoms with Crippen LogP contribution in [0.5, 0.6) is 0 Å². The lowest BCUT2D eigenvalue weighted by Crippen LogP contribution is -2.09. The van der Waals surface area contributed by atoms with Crippen molar-refractivity contribution in [3.8, 4) is 0 Å². The van der Waals surface area contributed by atoms with Crippen LogP contribution in [0.3, 0.4) is 0 Å². The zero-order valence-electron chi connectivity index (χ0n) is 13.1. The molecule has 0 spiro atoms. The molecule has 0 radical (unpaired) electrons. The maximum Gasteiger partial charge on any atom is 0.399 e. The minimum atomic E-state index is -3.68. The minimum absolute atomic E-state index is 0.113. The van der Waals surface area contributed by atoms with Crippen LogP contribution in [-0.2, 0) is 23.6 Å². The molecular formula is C12H27NO6S. The van der Waals surface area contributed by atoms with E-state index in [0.717, 1.165) is 6.42 Å². The molecule has 0 bridgehead atoms. The largest absolute Gasteiger partial charge is 0.478 e. The van der Waals surface area contributed by atoms with Gasteiger partial charge in [0.15, 0.2) is 0 Å². The van der Waals surface area contributed by atoms with Crippen molar-refractivity contribution in [3.05, 3.63) is 11.6 Å². The zero-order valence-corrected chi connectivity index (χ0v) is 13.9. The van der Waals surface area contributed by atoms with Crippen molar-refractivity contribution in [3.63, 3.8) is 0 Å². The van der Waals surface area contributed by atoms with Gasteiger partial charge in [-0.15, -0.1) is 0 Å². The monoisotopic (exact) mass is 313 g/mol. The quantitative estimate of drug-likeness (QED) is 0.717. The summed E-state index contributed by atoms with van der Waals surface area (Å²) >= 11 is 0. The second kappa shape index (κ2) is 16.1. The summed E-state index contributed by atoms with van der Waals surface area (Å²) in [5.41, 5.74) is 0.424. The smallest absolute Gasteiger partial charge is 0.399 e. The van der Waals surface area contributed by atoms with Gasteiger partial charge in [-0.25, -0.2) is 13.2 Å². The van der Waals surface area contributed by atoms with Gasteiger partial charge in [0.05, 0.1) is 13.2 Å². The lowest BCUT2D eigenvalue weighted by Gasteiger charge is -1.99. The molecule has 0 aromatic rings. The van der Waals surface area contributed by atoms with Crippen molar-refractivity contribution < 1.29 is 26.7 Å². The Balaban J connectivity index is -0.000000243. The number of nitrogens with one attached hydrogen (secondary N) is 1. The van der Waals surface area contributed by atoms with E-state index >= 15 is 0 Å². The third-order valence-electron chi connectivity index (χ3n) is 1.37. The predicted molar refractivity (Wildman–Crippen MR) is 78.8 cm³/mol. The lowest BCUT2D eigenvalue weighted by atomic mass is 10.2. The number of carboxylic acid groups (broad SMARTS) is 1. The highest BCUT2D eigenvalue weighted by Gasteiger charge is 2.06. The molecule has 0 unspecified atom stereocenters. The maximum atomic E-state index is 10.4. The first-order valence-corrected chi connectivity index (χ1v) is 7.57. The zero-order chi connectivity index (χ0) is 16.6. The van der Waals surface area contributed by atoms with Crippen LogP contribution in [0.1, 0.15) is 34.1 Å². The second-order valence-electron chi connectivity index (χ2n) is 3.32. The Hall–Kier alpha value is -0.960. The van der Waals surface area contributed by atoms with Crippen LogP contribution in [-0.4, -0.2) is 46.8 Å². The molecule has 20 heavy (non-hydrogen) atoms. The fourth-order valence-corrected chi connectivity index (χ4v) is 1.36. The Morgan fingerprint density at radius 2 is 1.50 bits per heavy atom. The Bertz CT molecular complexity index is 339. The minimum Gasteiger partial charge on any atom is -0.478 e. The molecule has 7 nitrogen and oxygen atoms in total. The lowest BCUT2D eigenvalue weighted by molar-refractivity contribution is -0.132. The molecule has 0 saturated carbocycles. The molecule has 0 amide bonds. The molecule has 0 aliphatic carbocycles. The SMILES string of the molecule is CCC=C(C)C(=O)O.CCOS(=O)(=O)OCC.CNC. The molecule has 0 aliphatic rings. The first-order chi connectivity index (χ1) is 9.22. The summed E-state index contributed by atoms with van der Waals surface area (Å²) < 4.78 is 29.2. The van der Waals surface area contributed by atoms with E-state index in [4.69, 9.17) is 5.11 Å². The van der Waals surface area contributed by atoms with Gasteiger partial charge in [0.25, 0.3) is 0 Å². The molecule has 8 heteroatoms. The van der Waals surface area contributed by atoms with Crippen molar-refractivity contribution in [2.45, 2.75) is 34.1 Å². The van der Waals surface area contributed by atoms with Crippen molar-refractivity contribution >= 4 is 16.4 Å². The summed E-state index contributed by atoms with van der Waals surface area (Å²) in [6, 6.07) is 0. The molecular weight excluding hydrogens is 286 g/mol. The van der Waals surface area contributed by atoms with Gasteiger partial charge >= 0.3 is 16.4 Å². The molecule has 0 aromatic heterocycles. The predicted octanol–water partition coefficient (Wildman–Crippen LogP) is 1.57. The van der Waals surface area contributed by atoms with Crippen LogP contribution in [0.15, 0.2) is 11.6 Å². The van der Waals surface area contributed by atoms with E-state index in [1.54, 1.807) is 26.8 Å². The van der Waals surface area contributed by atoms with Crippen LogP contribution < -0.4 is 5.32 Å². The van der Waals surface area contributed by atoms with Gasteiger partial charge in [-0.2, -0.15) is 8.42 Å². The van der Waals surface area contributed by atoms with E-state index < -0.39 is 16.4 Å². The summed E-state index contributed by atoms with van der Waals surface area (Å²) in [6.45, 7) is 6.88. The van der Waals surface area contributed by atoms with E-state index in [2.05, 4.69) is 13.7 Å². The number of hydrogen-bond donors (Lipinski definition) is 2. The summed E-state index contributed by atoms with van der Waals surface area (Å²) in [4.78, 5) is 10.0. The Morgan fingerprint density at radius 3 is 1.65 bits per heavy atom. The second-order valence-corrected chi connectivity index (χ2v) is 4.61. The molecule has 122 valence electrons. The van der Waals surface area contributed by atoms with Crippen molar-refractivity contribution in [2.75, 3.05) is 27.3 Å². The molecule has 0 rings (SSSR count). The van der Waals surface area contributed by atoms with Gasteiger partial charge in [-0.1, -0.05) is 13.0 Å². The Kier molecular flexibility index (Phi) is 19.4. The van der Waals surface area contributed by atoms with Gasteiger partial charge in [0.1, 0.15) is 0 Å². The molecule has 0 fully saturated rings. The summed E-state index contributed by atoms with van der Waals surface area (Å²) in [5, 5.41) is 11.0. The number of aliphatic carboxylic acids is 1. The third-order valence-corrected chi connectivity index (χ3v) is 2.42. The highest BCUT2D eigenvalue weighted by atomic mass is 32.3. The van der Waals surface area contributed by atoms with Gasteiger partial charge in [-0.3, -0.25) is 0 Å². The average Bonchev–Trinajstić information content (AvgIpc) is 2.30. The van der Waals surface area contributed by atoms with Crippen LogP contribution in [0.25, 0.3) is 0 Å². The van der Waals surface area contributed by atoms with E-state index in [9.17, 15) is 13.2 Å². The first-order valence-electron chi connectivity index (χ1n) is 6.24.